The van der Waals surface area contributed by atoms with Gasteiger partial charge < -0.3 is 24.5 Å². The zero-order chi connectivity index (χ0) is 25.9. The fourth-order valence-electron chi connectivity index (χ4n) is 4.56. The number of nitriles is 1. The molecule has 1 saturated carbocycles. The van der Waals surface area contributed by atoms with Crippen LogP contribution in [-0.4, -0.2) is 53.2 Å². The molecule has 10 nitrogen and oxygen atoms in total. The number of carbonyl (C=O) groups excluding carboxylic acids is 2. The van der Waals surface area contributed by atoms with Crippen molar-refractivity contribution in [3.05, 3.63) is 28.9 Å². The second-order valence-corrected chi connectivity index (χ2v) is 16.8. The maximum absolute atomic E-state index is 13.6. The van der Waals surface area contributed by atoms with Crippen molar-refractivity contribution in [2.24, 2.45) is 11.8 Å². The highest BCUT2D eigenvalue weighted by Crippen LogP contribution is 2.37. The minimum Gasteiger partial charge on any atom is -0.361 e. The van der Waals surface area contributed by atoms with Gasteiger partial charge in [0.2, 0.25) is 11.8 Å². The smallest absolute Gasteiger partial charge is 0.277 e. The summed E-state index contributed by atoms with van der Waals surface area (Å²) in [5.41, 5.74) is 0.652. The molecule has 1 saturated heterocycles. The molecule has 2 aromatic rings. The zero-order valence-corrected chi connectivity index (χ0v) is 22.3. The molecular weight excluding hydrogens is 476 g/mol. The topological polar surface area (TPSA) is 131 Å². The SMILES string of the molecule is C[Si](C)(C)CCOCn1cnc2ccn([C@@H](CC3CC3)C(=O)N[C@H](C#N)C[C@@H]3CCNC3=O)c(=O)c21. The molecule has 0 bridgehead atoms. The number of ether oxygens (including phenoxy) is 1. The Bertz CT molecular complexity index is 1210. The van der Waals surface area contributed by atoms with E-state index in [1.807, 2.05) is 0 Å². The van der Waals surface area contributed by atoms with Crippen LogP contribution in [-0.2, 0) is 21.1 Å². The number of carbonyl (C=O) groups is 2. The number of hydrogen-bond acceptors (Lipinski definition) is 6. The molecule has 4 rings (SSSR count). The maximum atomic E-state index is 13.6. The third-order valence-corrected chi connectivity index (χ3v) is 8.67. The molecule has 2 fully saturated rings. The summed E-state index contributed by atoms with van der Waals surface area (Å²) in [6, 6.07) is 3.35. The normalized spacial score (nSPS) is 19.6. The Morgan fingerprint density at radius 2 is 2.08 bits per heavy atom. The van der Waals surface area contributed by atoms with Crippen molar-refractivity contribution in [2.75, 3.05) is 13.2 Å². The Labute approximate surface area is 212 Å². The minimum atomic E-state index is -1.23. The average Bonchev–Trinajstić information content (AvgIpc) is 3.41. The molecule has 2 aliphatic rings. The van der Waals surface area contributed by atoms with Crippen molar-refractivity contribution < 1.29 is 14.3 Å². The largest absolute Gasteiger partial charge is 0.361 e. The number of pyridine rings is 1. The molecule has 0 unspecified atom stereocenters. The van der Waals surface area contributed by atoms with E-state index in [4.69, 9.17) is 4.74 Å². The van der Waals surface area contributed by atoms with Crippen LogP contribution < -0.4 is 16.2 Å². The summed E-state index contributed by atoms with van der Waals surface area (Å²) in [5.74, 6) is -0.364. The summed E-state index contributed by atoms with van der Waals surface area (Å²) in [4.78, 5) is 43.3. The Kier molecular flexibility index (Phi) is 7.95. The summed E-state index contributed by atoms with van der Waals surface area (Å²) in [6.07, 6.45) is 6.70. The molecule has 2 aromatic heterocycles. The Hall–Kier alpha value is -2.97. The minimum absolute atomic E-state index is 0.0824. The first-order chi connectivity index (χ1) is 17.2. The summed E-state index contributed by atoms with van der Waals surface area (Å²) in [5, 5.41) is 15.2. The number of amides is 2. The molecular formula is C25H36N6O4Si. The van der Waals surface area contributed by atoms with Gasteiger partial charge in [0.05, 0.1) is 17.9 Å². The number of hydrogen-bond donors (Lipinski definition) is 2. The van der Waals surface area contributed by atoms with Crippen molar-refractivity contribution in [2.45, 2.75) is 76.6 Å². The fraction of sp³-hybridized carbons (Fsp3) is 0.640. The first-order valence-corrected chi connectivity index (χ1v) is 16.5. The van der Waals surface area contributed by atoms with Gasteiger partial charge in [-0.25, -0.2) is 4.98 Å². The van der Waals surface area contributed by atoms with Gasteiger partial charge in [0.1, 0.15) is 24.3 Å². The van der Waals surface area contributed by atoms with Crippen LogP contribution in [0.4, 0.5) is 0 Å². The number of nitrogens with zero attached hydrogens (tertiary/aromatic N) is 4. The van der Waals surface area contributed by atoms with E-state index in [2.05, 4.69) is 41.3 Å². The van der Waals surface area contributed by atoms with Crippen LogP contribution in [0.2, 0.25) is 25.7 Å². The molecule has 2 amide bonds. The van der Waals surface area contributed by atoms with Gasteiger partial charge in [-0.05, 0) is 37.3 Å². The number of imidazole rings is 1. The third kappa shape index (κ3) is 6.42. The van der Waals surface area contributed by atoms with Crippen molar-refractivity contribution in [1.29, 1.82) is 5.26 Å². The molecule has 11 heteroatoms. The monoisotopic (exact) mass is 512 g/mol. The van der Waals surface area contributed by atoms with Gasteiger partial charge in [-0.3, -0.25) is 14.4 Å². The van der Waals surface area contributed by atoms with Crippen LogP contribution in [0.15, 0.2) is 23.4 Å². The van der Waals surface area contributed by atoms with Crippen LogP contribution in [0.3, 0.4) is 0 Å². The van der Waals surface area contributed by atoms with E-state index in [9.17, 15) is 19.6 Å². The van der Waals surface area contributed by atoms with E-state index in [1.165, 1.54) is 4.57 Å². The number of aromatic nitrogens is 3. The van der Waals surface area contributed by atoms with Gasteiger partial charge in [-0.2, -0.15) is 5.26 Å². The number of rotatable bonds is 12. The summed E-state index contributed by atoms with van der Waals surface area (Å²) in [6.45, 7) is 8.28. The Morgan fingerprint density at radius 1 is 1.31 bits per heavy atom. The van der Waals surface area contributed by atoms with Gasteiger partial charge in [0.25, 0.3) is 5.56 Å². The van der Waals surface area contributed by atoms with E-state index in [0.717, 1.165) is 18.9 Å². The molecule has 36 heavy (non-hydrogen) atoms. The Balaban J connectivity index is 1.53. The van der Waals surface area contributed by atoms with Gasteiger partial charge >= 0.3 is 0 Å². The molecule has 3 atom stereocenters. The molecule has 0 spiro atoms. The molecule has 0 aromatic carbocycles. The fourth-order valence-corrected chi connectivity index (χ4v) is 5.32. The van der Waals surface area contributed by atoms with Crippen LogP contribution in [0.1, 0.15) is 38.1 Å². The Morgan fingerprint density at radius 3 is 2.72 bits per heavy atom. The van der Waals surface area contributed by atoms with Crippen LogP contribution in [0, 0.1) is 23.2 Å². The van der Waals surface area contributed by atoms with Crippen LogP contribution in [0.25, 0.3) is 11.0 Å². The van der Waals surface area contributed by atoms with Crippen LogP contribution in [0.5, 0.6) is 0 Å². The second-order valence-electron chi connectivity index (χ2n) is 11.2. The molecule has 2 N–H and O–H groups in total. The highest BCUT2D eigenvalue weighted by Gasteiger charge is 2.34. The van der Waals surface area contributed by atoms with E-state index >= 15 is 0 Å². The van der Waals surface area contributed by atoms with E-state index in [0.29, 0.717) is 42.9 Å². The highest BCUT2D eigenvalue weighted by molar-refractivity contribution is 6.76. The van der Waals surface area contributed by atoms with Crippen molar-refractivity contribution in [1.82, 2.24) is 24.8 Å². The predicted molar refractivity (Wildman–Crippen MR) is 138 cm³/mol. The lowest BCUT2D eigenvalue weighted by atomic mass is 9.98. The van der Waals surface area contributed by atoms with Crippen molar-refractivity contribution in [3.8, 4) is 6.07 Å². The summed E-state index contributed by atoms with van der Waals surface area (Å²) >= 11 is 0. The number of nitrogens with one attached hydrogen (secondary N) is 2. The lowest BCUT2D eigenvalue weighted by Gasteiger charge is -2.22. The van der Waals surface area contributed by atoms with Crippen molar-refractivity contribution in [3.63, 3.8) is 0 Å². The second kappa shape index (κ2) is 11.0. The molecule has 1 aliphatic heterocycles. The summed E-state index contributed by atoms with van der Waals surface area (Å²) < 4.78 is 9.00. The van der Waals surface area contributed by atoms with E-state index in [1.54, 1.807) is 23.2 Å². The van der Waals surface area contributed by atoms with Gasteiger partial charge in [0, 0.05) is 33.3 Å². The quantitative estimate of drug-likeness (QED) is 0.332. The first-order valence-electron chi connectivity index (χ1n) is 12.8. The van der Waals surface area contributed by atoms with Crippen LogP contribution >= 0.6 is 0 Å². The van der Waals surface area contributed by atoms with Gasteiger partial charge in [-0.15, -0.1) is 0 Å². The molecule has 1 aliphatic carbocycles. The first kappa shape index (κ1) is 26.1. The lowest BCUT2D eigenvalue weighted by molar-refractivity contribution is -0.126. The van der Waals surface area contributed by atoms with Gasteiger partial charge in [0.15, 0.2) is 0 Å². The molecule has 0 radical (unpaired) electrons. The average molecular weight is 513 g/mol. The maximum Gasteiger partial charge on any atom is 0.277 e. The third-order valence-electron chi connectivity index (χ3n) is 6.97. The number of fused-ring (bicyclic) bond motifs is 1. The summed E-state index contributed by atoms with van der Waals surface area (Å²) in [7, 11) is -1.23. The standard InChI is InChI=1S/C25H36N6O4Si/c1-36(2,3)11-10-35-16-30-15-28-20-7-9-31(25(34)22(20)30)21(12-17-4-5-17)24(33)29-19(14-26)13-18-6-8-27-23(18)32/h7,9,15,17-19,21H,4-6,8,10-13,16H2,1-3H3,(H,27,32)(H,29,33)/t18-,19-,21-/m0/s1. The highest BCUT2D eigenvalue weighted by atomic mass is 28.3. The van der Waals surface area contributed by atoms with Gasteiger partial charge in [-0.1, -0.05) is 32.5 Å². The van der Waals surface area contributed by atoms with E-state index < -0.39 is 20.2 Å². The predicted octanol–water partition coefficient (Wildman–Crippen LogP) is 2.39. The molecule has 194 valence electrons. The zero-order valence-electron chi connectivity index (χ0n) is 21.3. The molecule has 3 heterocycles. The van der Waals surface area contributed by atoms with Crippen molar-refractivity contribution >= 4 is 30.9 Å². The van der Waals surface area contributed by atoms with E-state index in [-0.39, 0.29) is 36.4 Å². The lowest BCUT2D eigenvalue weighted by Crippen LogP contribution is -2.43.